The summed E-state index contributed by atoms with van der Waals surface area (Å²) in [6, 6.07) is 5.52. The highest BCUT2D eigenvalue weighted by Crippen LogP contribution is 2.31. The number of aromatic nitrogens is 1. The van der Waals surface area contributed by atoms with E-state index in [9.17, 15) is 4.79 Å². The Hall–Kier alpha value is -1.75. The van der Waals surface area contributed by atoms with E-state index in [4.69, 9.17) is 20.5 Å². The minimum atomic E-state index is 0.0447. The summed E-state index contributed by atoms with van der Waals surface area (Å²) in [5.41, 5.74) is 0. The van der Waals surface area contributed by atoms with Crippen LogP contribution in [0.15, 0.2) is 33.4 Å². The highest BCUT2D eigenvalue weighted by molar-refractivity contribution is 6.29. The van der Waals surface area contributed by atoms with Crippen molar-refractivity contribution in [2.24, 2.45) is 0 Å². The molecule has 0 unspecified atom stereocenters. The third-order valence-corrected chi connectivity index (χ3v) is 4.24. The number of amides is 1. The molecule has 0 spiro atoms. The fourth-order valence-corrected chi connectivity index (χ4v) is 3.12. The number of aryl methyl sites for hydroxylation is 1. The molecule has 1 aliphatic rings. The van der Waals surface area contributed by atoms with Crippen LogP contribution >= 0.6 is 11.6 Å². The normalized spacial score (nSPS) is 19.1. The van der Waals surface area contributed by atoms with Gasteiger partial charge in [0.05, 0.1) is 12.3 Å². The highest BCUT2D eigenvalue weighted by Gasteiger charge is 2.28. The molecule has 3 rings (SSSR count). The molecular weight excluding hydrogens is 304 g/mol. The van der Waals surface area contributed by atoms with Gasteiger partial charge in [-0.3, -0.25) is 4.79 Å². The summed E-state index contributed by atoms with van der Waals surface area (Å²) in [5, 5.41) is 3.95. The van der Waals surface area contributed by atoms with Gasteiger partial charge in [0.25, 0.3) is 0 Å². The third kappa shape index (κ3) is 3.53. The minimum Gasteiger partial charge on any atom is -0.467 e. The molecular formula is C16H19ClN2O3. The second kappa shape index (κ2) is 7.01. The van der Waals surface area contributed by atoms with E-state index in [0.717, 1.165) is 38.0 Å². The number of rotatable bonds is 4. The summed E-state index contributed by atoms with van der Waals surface area (Å²) in [7, 11) is 0. The van der Waals surface area contributed by atoms with Crippen molar-refractivity contribution in [2.45, 2.75) is 44.6 Å². The Morgan fingerprint density at radius 1 is 1.41 bits per heavy atom. The van der Waals surface area contributed by atoms with E-state index in [-0.39, 0.29) is 11.9 Å². The van der Waals surface area contributed by atoms with Gasteiger partial charge >= 0.3 is 0 Å². The fraction of sp³-hybridized carbons (Fsp3) is 0.500. The Morgan fingerprint density at radius 2 is 2.32 bits per heavy atom. The summed E-state index contributed by atoms with van der Waals surface area (Å²) in [6.07, 6.45) is 6.83. The Kier molecular flexibility index (Phi) is 4.83. The van der Waals surface area contributed by atoms with E-state index in [2.05, 4.69) is 5.16 Å². The lowest BCUT2D eigenvalue weighted by Crippen LogP contribution is -2.34. The minimum absolute atomic E-state index is 0.0447. The van der Waals surface area contributed by atoms with Crippen LogP contribution in [0.25, 0.3) is 0 Å². The second-order valence-corrected chi connectivity index (χ2v) is 5.97. The average molecular weight is 323 g/mol. The number of halogens is 1. The number of hydrogen-bond donors (Lipinski definition) is 0. The number of likely N-dealkylation sites (tertiary alicyclic amines) is 1. The van der Waals surface area contributed by atoms with Crippen molar-refractivity contribution in [3.05, 3.63) is 41.1 Å². The molecule has 6 heteroatoms. The molecule has 1 fully saturated rings. The number of carbonyl (C=O) groups is 1. The van der Waals surface area contributed by atoms with E-state index in [1.54, 1.807) is 12.3 Å². The Labute approximate surface area is 134 Å². The summed E-state index contributed by atoms with van der Waals surface area (Å²) in [4.78, 5) is 14.6. The Balaban J connectivity index is 1.67. The predicted molar refractivity (Wildman–Crippen MR) is 81.5 cm³/mol. The summed E-state index contributed by atoms with van der Waals surface area (Å²) >= 11 is 5.72. The molecule has 0 radical (unpaired) electrons. The first-order valence-electron chi connectivity index (χ1n) is 7.68. The van der Waals surface area contributed by atoms with Crippen LogP contribution in [0.3, 0.4) is 0 Å². The zero-order chi connectivity index (χ0) is 15.4. The number of carbonyl (C=O) groups excluding carboxylic acids is 1. The molecule has 1 aliphatic heterocycles. The van der Waals surface area contributed by atoms with E-state index in [1.807, 2.05) is 17.0 Å². The Bertz CT molecular complexity index is 609. The van der Waals surface area contributed by atoms with E-state index < -0.39 is 0 Å². The van der Waals surface area contributed by atoms with Gasteiger partial charge in [-0.25, -0.2) is 0 Å². The van der Waals surface area contributed by atoms with Gasteiger partial charge in [0, 0.05) is 25.5 Å². The van der Waals surface area contributed by atoms with Gasteiger partial charge in [-0.2, -0.15) is 0 Å². The molecule has 0 saturated carbocycles. The molecule has 2 aromatic rings. The molecule has 0 aliphatic carbocycles. The number of hydrogen-bond acceptors (Lipinski definition) is 4. The SMILES string of the molecule is O=C(CCc1cc(Cl)no1)N1CCCCC[C@@H]1c1ccco1. The lowest BCUT2D eigenvalue weighted by Gasteiger charge is -2.28. The lowest BCUT2D eigenvalue weighted by atomic mass is 10.1. The Morgan fingerprint density at radius 3 is 3.05 bits per heavy atom. The zero-order valence-corrected chi connectivity index (χ0v) is 13.1. The van der Waals surface area contributed by atoms with Gasteiger partial charge < -0.3 is 13.8 Å². The smallest absolute Gasteiger partial charge is 0.223 e. The maximum atomic E-state index is 12.6. The predicted octanol–water partition coefficient (Wildman–Crippen LogP) is 4.00. The number of furan rings is 1. The van der Waals surface area contributed by atoms with Crippen molar-refractivity contribution in [1.29, 1.82) is 0 Å². The zero-order valence-electron chi connectivity index (χ0n) is 12.3. The third-order valence-electron chi connectivity index (χ3n) is 4.06. The lowest BCUT2D eigenvalue weighted by molar-refractivity contribution is -0.134. The van der Waals surface area contributed by atoms with Gasteiger partial charge in [-0.05, 0) is 25.0 Å². The van der Waals surface area contributed by atoms with Gasteiger partial charge in [0.1, 0.15) is 11.5 Å². The van der Waals surface area contributed by atoms with Crippen molar-refractivity contribution >= 4 is 17.5 Å². The van der Waals surface area contributed by atoms with Gasteiger partial charge in [0.15, 0.2) is 5.15 Å². The van der Waals surface area contributed by atoms with Crippen molar-refractivity contribution in [3.63, 3.8) is 0 Å². The van der Waals surface area contributed by atoms with E-state index >= 15 is 0 Å². The maximum Gasteiger partial charge on any atom is 0.223 e. The molecule has 0 bridgehead atoms. The molecule has 22 heavy (non-hydrogen) atoms. The van der Waals surface area contributed by atoms with Crippen LogP contribution in [-0.4, -0.2) is 22.5 Å². The van der Waals surface area contributed by atoms with E-state index in [0.29, 0.717) is 23.8 Å². The molecule has 1 amide bonds. The van der Waals surface area contributed by atoms with Crippen molar-refractivity contribution in [3.8, 4) is 0 Å². The van der Waals surface area contributed by atoms with Crippen LogP contribution in [0.4, 0.5) is 0 Å². The second-order valence-electron chi connectivity index (χ2n) is 5.58. The first-order chi connectivity index (χ1) is 10.7. The monoisotopic (exact) mass is 322 g/mol. The highest BCUT2D eigenvalue weighted by atomic mass is 35.5. The molecule has 5 nitrogen and oxygen atoms in total. The van der Waals surface area contributed by atoms with Crippen molar-refractivity contribution in [1.82, 2.24) is 10.1 Å². The maximum absolute atomic E-state index is 12.6. The largest absolute Gasteiger partial charge is 0.467 e. The molecule has 0 N–H and O–H groups in total. The molecule has 0 aromatic carbocycles. The van der Waals surface area contributed by atoms with E-state index in [1.165, 1.54) is 0 Å². The van der Waals surface area contributed by atoms with Crippen molar-refractivity contribution < 1.29 is 13.7 Å². The molecule has 1 saturated heterocycles. The van der Waals surface area contributed by atoms with Crippen LogP contribution in [0, 0.1) is 0 Å². The fourth-order valence-electron chi connectivity index (χ4n) is 2.96. The first kappa shape index (κ1) is 15.2. The van der Waals surface area contributed by atoms with Crippen LogP contribution in [-0.2, 0) is 11.2 Å². The topological polar surface area (TPSA) is 59.5 Å². The van der Waals surface area contributed by atoms with Crippen LogP contribution in [0.2, 0.25) is 5.15 Å². The average Bonchev–Trinajstić information content (AvgIpc) is 3.12. The quantitative estimate of drug-likeness (QED) is 0.853. The van der Waals surface area contributed by atoms with Gasteiger partial charge in [-0.15, -0.1) is 0 Å². The van der Waals surface area contributed by atoms with Crippen molar-refractivity contribution in [2.75, 3.05) is 6.54 Å². The molecule has 118 valence electrons. The van der Waals surface area contributed by atoms with Crippen LogP contribution in [0.1, 0.15) is 49.7 Å². The molecule has 3 heterocycles. The van der Waals surface area contributed by atoms with Gasteiger partial charge in [0.2, 0.25) is 5.91 Å². The molecule has 2 aromatic heterocycles. The molecule has 1 atom stereocenters. The standard InChI is InChI=1S/C16H19ClN2O3/c17-15-11-12(22-18-15)7-8-16(20)19-9-3-1-2-5-13(19)14-6-4-10-21-14/h4,6,10-11,13H,1-3,5,7-9H2/t13-/m1/s1. The first-order valence-corrected chi connectivity index (χ1v) is 8.06. The van der Waals surface area contributed by atoms with Gasteiger partial charge in [-0.1, -0.05) is 29.6 Å². The summed E-state index contributed by atoms with van der Waals surface area (Å²) in [5.74, 6) is 1.64. The summed E-state index contributed by atoms with van der Waals surface area (Å²) in [6.45, 7) is 0.779. The van der Waals surface area contributed by atoms with Crippen LogP contribution in [0.5, 0.6) is 0 Å². The summed E-state index contributed by atoms with van der Waals surface area (Å²) < 4.78 is 10.6. The van der Waals surface area contributed by atoms with Crippen LogP contribution < -0.4 is 0 Å². The number of nitrogens with zero attached hydrogens (tertiary/aromatic N) is 2.